The van der Waals surface area contributed by atoms with Crippen molar-refractivity contribution >= 4 is 10.0 Å². The Balaban J connectivity index is 2.52. The van der Waals surface area contributed by atoms with Crippen LogP contribution < -0.4 is 5.32 Å². The van der Waals surface area contributed by atoms with Gasteiger partial charge < -0.3 is 10.1 Å². The maximum absolute atomic E-state index is 11.9. The number of hydrogen-bond donors (Lipinski definition) is 1. The minimum atomic E-state index is -3.10. The van der Waals surface area contributed by atoms with Crippen LogP contribution in [0.15, 0.2) is 0 Å². The van der Waals surface area contributed by atoms with E-state index in [0.717, 1.165) is 12.8 Å². The molecule has 5 nitrogen and oxygen atoms in total. The second-order valence-electron chi connectivity index (χ2n) is 3.75. The van der Waals surface area contributed by atoms with Gasteiger partial charge >= 0.3 is 0 Å². The van der Waals surface area contributed by atoms with Gasteiger partial charge in [-0.2, -0.15) is 4.31 Å². The summed E-state index contributed by atoms with van der Waals surface area (Å²) in [4.78, 5) is 0. The first kappa shape index (κ1) is 12.9. The standard InChI is InChI=1S/C9H20N2O3S/c1-10-5-8-15(12,13)11(6-7-14-2)9-3-4-9/h9-10H,3-8H2,1-2H3. The van der Waals surface area contributed by atoms with Crippen molar-refractivity contribution in [1.82, 2.24) is 9.62 Å². The molecule has 15 heavy (non-hydrogen) atoms. The summed E-state index contributed by atoms with van der Waals surface area (Å²) in [6.45, 7) is 1.45. The first-order valence-corrected chi connectivity index (χ1v) is 6.86. The Bertz CT molecular complexity index is 275. The van der Waals surface area contributed by atoms with E-state index in [1.54, 1.807) is 18.5 Å². The van der Waals surface area contributed by atoms with Gasteiger partial charge in [0.15, 0.2) is 0 Å². The van der Waals surface area contributed by atoms with Gasteiger partial charge in [0.25, 0.3) is 0 Å². The quantitative estimate of drug-likeness (QED) is 0.625. The lowest BCUT2D eigenvalue weighted by molar-refractivity contribution is 0.177. The third kappa shape index (κ3) is 4.06. The van der Waals surface area contributed by atoms with Crippen LogP contribution in [0.2, 0.25) is 0 Å². The minimum absolute atomic E-state index is 0.170. The van der Waals surface area contributed by atoms with Crippen molar-refractivity contribution in [3.8, 4) is 0 Å². The maximum Gasteiger partial charge on any atom is 0.215 e. The Labute approximate surface area is 91.8 Å². The summed E-state index contributed by atoms with van der Waals surface area (Å²) in [5.74, 6) is 0.170. The summed E-state index contributed by atoms with van der Waals surface area (Å²) in [6, 6.07) is 0.224. The highest BCUT2D eigenvalue weighted by Crippen LogP contribution is 2.28. The van der Waals surface area contributed by atoms with Gasteiger partial charge in [0.05, 0.1) is 12.4 Å². The SMILES string of the molecule is CNCCS(=O)(=O)N(CCOC)C1CC1. The maximum atomic E-state index is 11.9. The van der Waals surface area contributed by atoms with Crippen LogP contribution >= 0.6 is 0 Å². The number of sulfonamides is 1. The van der Waals surface area contributed by atoms with Gasteiger partial charge in [0.1, 0.15) is 0 Å². The van der Waals surface area contributed by atoms with Gasteiger partial charge in [-0.15, -0.1) is 0 Å². The lowest BCUT2D eigenvalue weighted by atomic mass is 10.6. The molecule has 1 rings (SSSR count). The molecule has 1 fully saturated rings. The van der Waals surface area contributed by atoms with Crippen LogP contribution in [0.25, 0.3) is 0 Å². The molecule has 0 atom stereocenters. The summed E-state index contributed by atoms with van der Waals surface area (Å²) in [5, 5.41) is 2.86. The third-order valence-corrected chi connectivity index (χ3v) is 4.35. The van der Waals surface area contributed by atoms with Crippen molar-refractivity contribution in [2.45, 2.75) is 18.9 Å². The zero-order valence-electron chi connectivity index (χ0n) is 9.40. The smallest absolute Gasteiger partial charge is 0.215 e. The molecule has 0 aromatic carbocycles. The van der Waals surface area contributed by atoms with Gasteiger partial charge in [-0.05, 0) is 19.9 Å². The zero-order valence-corrected chi connectivity index (χ0v) is 10.2. The largest absolute Gasteiger partial charge is 0.383 e. The summed E-state index contributed by atoms with van der Waals surface area (Å²) in [7, 11) is 0.242. The second kappa shape index (κ2) is 5.79. The monoisotopic (exact) mass is 236 g/mol. The topological polar surface area (TPSA) is 58.6 Å². The van der Waals surface area contributed by atoms with E-state index in [1.165, 1.54) is 0 Å². The number of hydrogen-bond acceptors (Lipinski definition) is 4. The van der Waals surface area contributed by atoms with Gasteiger partial charge in [0.2, 0.25) is 10.0 Å². The first-order valence-electron chi connectivity index (χ1n) is 5.25. The van der Waals surface area contributed by atoms with Crippen molar-refractivity contribution in [3.05, 3.63) is 0 Å². The fourth-order valence-corrected chi connectivity index (χ4v) is 3.16. The summed E-state index contributed by atoms with van der Waals surface area (Å²) in [6.07, 6.45) is 1.98. The van der Waals surface area contributed by atoms with E-state index in [2.05, 4.69) is 5.32 Å². The highest BCUT2D eigenvalue weighted by atomic mass is 32.2. The second-order valence-corrected chi connectivity index (χ2v) is 5.80. The number of nitrogens with one attached hydrogen (secondary N) is 1. The number of nitrogens with zero attached hydrogens (tertiary/aromatic N) is 1. The molecule has 0 saturated heterocycles. The van der Waals surface area contributed by atoms with Gasteiger partial charge in [-0.25, -0.2) is 8.42 Å². The van der Waals surface area contributed by atoms with Crippen LogP contribution in [0.5, 0.6) is 0 Å². The molecule has 0 bridgehead atoms. The van der Waals surface area contributed by atoms with Crippen LogP contribution in [0.1, 0.15) is 12.8 Å². The Morgan fingerprint density at radius 3 is 2.60 bits per heavy atom. The molecule has 1 aliphatic carbocycles. The number of rotatable bonds is 8. The van der Waals surface area contributed by atoms with E-state index in [4.69, 9.17) is 4.74 Å². The first-order chi connectivity index (χ1) is 7.11. The molecule has 0 aromatic rings. The Morgan fingerprint density at radius 2 is 2.13 bits per heavy atom. The molecule has 0 aromatic heterocycles. The molecule has 1 saturated carbocycles. The summed E-state index contributed by atoms with van der Waals surface area (Å²) >= 11 is 0. The van der Waals surface area contributed by atoms with Crippen LogP contribution in [-0.2, 0) is 14.8 Å². The molecule has 0 heterocycles. The molecule has 0 radical (unpaired) electrons. The number of methoxy groups -OCH3 is 1. The predicted octanol–water partition coefficient (Wildman–Crippen LogP) is -0.354. The van der Waals surface area contributed by atoms with Crippen molar-refractivity contribution in [2.75, 3.05) is 39.6 Å². The highest BCUT2D eigenvalue weighted by Gasteiger charge is 2.36. The van der Waals surface area contributed by atoms with Crippen molar-refractivity contribution < 1.29 is 13.2 Å². The molecule has 0 amide bonds. The fraction of sp³-hybridized carbons (Fsp3) is 1.00. The normalized spacial score (nSPS) is 17.3. The van der Waals surface area contributed by atoms with Crippen LogP contribution in [0.4, 0.5) is 0 Å². The van der Waals surface area contributed by atoms with Gasteiger partial charge in [0, 0.05) is 26.2 Å². The molecule has 0 unspecified atom stereocenters. The van der Waals surface area contributed by atoms with Crippen LogP contribution in [-0.4, -0.2) is 58.4 Å². The van der Waals surface area contributed by atoms with Crippen molar-refractivity contribution in [2.24, 2.45) is 0 Å². The van der Waals surface area contributed by atoms with E-state index in [0.29, 0.717) is 19.7 Å². The van der Waals surface area contributed by atoms with E-state index in [1.807, 2.05) is 0 Å². The van der Waals surface area contributed by atoms with E-state index < -0.39 is 10.0 Å². The highest BCUT2D eigenvalue weighted by molar-refractivity contribution is 7.89. The molecular weight excluding hydrogens is 216 g/mol. The Hall–Kier alpha value is -0.170. The van der Waals surface area contributed by atoms with Crippen molar-refractivity contribution in [1.29, 1.82) is 0 Å². The molecule has 0 aliphatic heterocycles. The van der Waals surface area contributed by atoms with Gasteiger partial charge in [-0.3, -0.25) is 0 Å². The van der Waals surface area contributed by atoms with E-state index in [9.17, 15) is 8.42 Å². The zero-order chi connectivity index (χ0) is 11.3. The van der Waals surface area contributed by atoms with Crippen LogP contribution in [0, 0.1) is 0 Å². The minimum Gasteiger partial charge on any atom is -0.383 e. The lowest BCUT2D eigenvalue weighted by Crippen LogP contribution is -2.39. The predicted molar refractivity (Wildman–Crippen MR) is 59.3 cm³/mol. The molecule has 6 heteroatoms. The molecule has 90 valence electrons. The van der Waals surface area contributed by atoms with Crippen molar-refractivity contribution in [3.63, 3.8) is 0 Å². The summed E-state index contributed by atoms with van der Waals surface area (Å²) in [5.41, 5.74) is 0. The molecule has 0 spiro atoms. The molecule has 1 aliphatic rings. The Kier molecular flexibility index (Phi) is 4.98. The average Bonchev–Trinajstić information content (AvgIpc) is 2.99. The molecule has 1 N–H and O–H groups in total. The molecular formula is C9H20N2O3S. The van der Waals surface area contributed by atoms with Crippen LogP contribution in [0.3, 0.4) is 0 Å². The fourth-order valence-electron chi connectivity index (χ4n) is 1.44. The average molecular weight is 236 g/mol. The summed E-state index contributed by atoms with van der Waals surface area (Å²) < 4.78 is 30.3. The van der Waals surface area contributed by atoms with Gasteiger partial charge in [-0.1, -0.05) is 0 Å². The Morgan fingerprint density at radius 1 is 1.47 bits per heavy atom. The van der Waals surface area contributed by atoms with E-state index in [-0.39, 0.29) is 11.8 Å². The number of ether oxygens (including phenoxy) is 1. The van der Waals surface area contributed by atoms with E-state index >= 15 is 0 Å². The third-order valence-electron chi connectivity index (χ3n) is 2.44. The lowest BCUT2D eigenvalue weighted by Gasteiger charge is -2.21.